The Balaban J connectivity index is 2.06. The van der Waals surface area contributed by atoms with Crippen LogP contribution in [0.4, 0.5) is 0 Å². The number of thioether (sulfide) groups is 1. The highest BCUT2D eigenvalue weighted by atomic mass is 79.9. The first-order valence-electron chi connectivity index (χ1n) is 10.2. The Hall–Kier alpha value is -1.99. The molecule has 31 heavy (non-hydrogen) atoms. The number of rotatable bonds is 9. The van der Waals surface area contributed by atoms with E-state index in [0.29, 0.717) is 18.1 Å². The number of ether oxygens (including phenoxy) is 1. The van der Waals surface area contributed by atoms with Gasteiger partial charge in [0.2, 0.25) is 11.8 Å². The van der Waals surface area contributed by atoms with Crippen molar-refractivity contribution in [2.75, 3.05) is 12.9 Å². The fourth-order valence-corrected chi connectivity index (χ4v) is 4.04. The van der Waals surface area contributed by atoms with Crippen LogP contribution in [-0.4, -0.2) is 41.2 Å². The quantitative estimate of drug-likeness (QED) is 0.518. The lowest BCUT2D eigenvalue weighted by atomic mass is 10.1. The van der Waals surface area contributed by atoms with E-state index in [1.165, 1.54) is 0 Å². The zero-order valence-electron chi connectivity index (χ0n) is 18.8. The minimum atomic E-state index is -0.572. The molecule has 2 rings (SSSR count). The summed E-state index contributed by atoms with van der Waals surface area (Å²) in [6.45, 7) is 7.97. The van der Waals surface area contributed by atoms with Crippen molar-refractivity contribution >= 4 is 39.5 Å². The minimum Gasteiger partial charge on any atom is -0.497 e. The van der Waals surface area contributed by atoms with E-state index in [-0.39, 0.29) is 17.4 Å². The Morgan fingerprint density at radius 3 is 2.19 bits per heavy atom. The lowest BCUT2D eigenvalue weighted by Crippen LogP contribution is -2.52. The Kier molecular flexibility index (Phi) is 9.44. The van der Waals surface area contributed by atoms with Crippen molar-refractivity contribution in [3.63, 3.8) is 0 Å². The smallest absolute Gasteiger partial charge is 0.242 e. The Morgan fingerprint density at radius 2 is 1.65 bits per heavy atom. The summed E-state index contributed by atoms with van der Waals surface area (Å²) in [7, 11) is 1.64. The van der Waals surface area contributed by atoms with Gasteiger partial charge in [-0.25, -0.2) is 0 Å². The summed E-state index contributed by atoms with van der Waals surface area (Å²) in [5.74, 6) is 1.61. The lowest BCUT2D eigenvalue weighted by molar-refractivity contribution is -0.139. The Morgan fingerprint density at radius 1 is 1.06 bits per heavy atom. The third-order valence-electron chi connectivity index (χ3n) is 4.58. The average Bonchev–Trinajstić information content (AvgIpc) is 2.72. The van der Waals surface area contributed by atoms with Crippen molar-refractivity contribution in [3.8, 4) is 5.75 Å². The first-order valence-corrected chi connectivity index (χ1v) is 12.1. The standard InChI is InChI=1S/C24H31BrN2O3S/c1-17(23(29)26-24(2,3)4)27(14-18-6-10-20(25)11-7-18)22(28)16-31-15-19-8-12-21(30-5)13-9-19/h6-13,17H,14-16H2,1-5H3,(H,26,29)/t17-/m1/s1. The molecule has 0 spiro atoms. The van der Waals surface area contributed by atoms with E-state index in [1.54, 1.807) is 30.7 Å². The van der Waals surface area contributed by atoms with Gasteiger partial charge in [-0.3, -0.25) is 9.59 Å². The fourth-order valence-electron chi connectivity index (χ4n) is 2.90. The Labute approximate surface area is 198 Å². The Bertz CT molecular complexity index is 864. The minimum absolute atomic E-state index is 0.0574. The van der Waals surface area contributed by atoms with Crippen LogP contribution in [0, 0.1) is 0 Å². The molecule has 2 aromatic carbocycles. The summed E-state index contributed by atoms with van der Waals surface area (Å²) in [6.07, 6.45) is 0. The van der Waals surface area contributed by atoms with Crippen molar-refractivity contribution in [3.05, 3.63) is 64.1 Å². The van der Waals surface area contributed by atoms with Crippen LogP contribution in [0.25, 0.3) is 0 Å². The van der Waals surface area contributed by atoms with Gasteiger partial charge < -0.3 is 15.0 Å². The van der Waals surface area contributed by atoms with Crippen molar-refractivity contribution in [1.29, 1.82) is 0 Å². The summed E-state index contributed by atoms with van der Waals surface area (Å²) < 4.78 is 6.16. The monoisotopic (exact) mass is 506 g/mol. The van der Waals surface area contributed by atoms with E-state index in [2.05, 4.69) is 21.2 Å². The van der Waals surface area contributed by atoms with E-state index in [0.717, 1.165) is 21.3 Å². The first kappa shape index (κ1) is 25.3. The van der Waals surface area contributed by atoms with E-state index >= 15 is 0 Å². The number of benzene rings is 2. The van der Waals surface area contributed by atoms with Gasteiger partial charge in [0.15, 0.2) is 0 Å². The molecule has 0 radical (unpaired) electrons. The van der Waals surface area contributed by atoms with E-state index in [4.69, 9.17) is 4.74 Å². The van der Waals surface area contributed by atoms with Crippen LogP contribution < -0.4 is 10.1 Å². The number of carbonyl (C=O) groups is 2. The number of nitrogens with one attached hydrogen (secondary N) is 1. The molecule has 1 N–H and O–H groups in total. The van der Waals surface area contributed by atoms with Gasteiger partial charge >= 0.3 is 0 Å². The summed E-state index contributed by atoms with van der Waals surface area (Å²) in [5.41, 5.74) is 1.74. The summed E-state index contributed by atoms with van der Waals surface area (Å²) in [5, 5.41) is 2.98. The number of halogens is 1. The number of amides is 2. The van der Waals surface area contributed by atoms with Gasteiger partial charge in [0, 0.05) is 22.3 Å². The zero-order chi connectivity index (χ0) is 23.0. The topological polar surface area (TPSA) is 58.6 Å². The van der Waals surface area contributed by atoms with Gasteiger partial charge in [-0.2, -0.15) is 0 Å². The molecule has 7 heteroatoms. The van der Waals surface area contributed by atoms with Gasteiger partial charge in [0.25, 0.3) is 0 Å². The highest BCUT2D eigenvalue weighted by molar-refractivity contribution is 9.10. The van der Waals surface area contributed by atoms with Gasteiger partial charge in [0.05, 0.1) is 12.9 Å². The summed E-state index contributed by atoms with van der Waals surface area (Å²) in [6, 6.07) is 15.0. The van der Waals surface area contributed by atoms with Crippen molar-refractivity contribution in [2.24, 2.45) is 0 Å². The maximum Gasteiger partial charge on any atom is 0.242 e. The number of methoxy groups -OCH3 is 1. The van der Waals surface area contributed by atoms with Crippen molar-refractivity contribution in [2.45, 2.75) is 51.6 Å². The maximum absolute atomic E-state index is 13.1. The third kappa shape index (κ3) is 8.57. The summed E-state index contributed by atoms with van der Waals surface area (Å²) in [4.78, 5) is 27.5. The molecule has 0 aliphatic rings. The molecule has 0 aliphatic heterocycles. The van der Waals surface area contributed by atoms with Crippen LogP contribution in [0.2, 0.25) is 0 Å². The van der Waals surface area contributed by atoms with Gasteiger partial charge in [0.1, 0.15) is 11.8 Å². The van der Waals surface area contributed by atoms with Crippen molar-refractivity contribution in [1.82, 2.24) is 10.2 Å². The molecule has 5 nitrogen and oxygen atoms in total. The second-order valence-electron chi connectivity index (χ2n) is 8.40. The number of hydrogen-bond donors (Lipinski definition) is 1. The van der Waals surface area contributed by atoms with Gasteiger partial charge in [-0.1, -0.05) is 40.2 Å². The molecule has 0 aromatic heterocycles. The zero-order valence-corrected chi connectivity index (χ0v) is 21.2. The highest BCUT2D eigenvalue weighted by Gasteiger charge is 2.28. The van der Waals surface area contributed by atoms with Gasteiger partial charge in [-0.05, 0) is 63.1 Å². The fraction of sp³-hybridized carbons (Fsp3) is 0.417. The molecule has 0 aliphatic carbocycles. The van der Waals surface area contributed by atoms with Crippen LogP contribution in [0.3, 0.4) is 0 Å². The summed E-state index contributed by atoms with van der Waals surface area (Å²) >= 11 is 4.98. The number of carbonyl (C=O) groups excluding carboxylic acids is 2. The van der Waals surface area contributed by atoms with E-state index < -0.39 is 6.04 Å². The molecule has 0 fully saturated rings. The van der Waals surface area contributed by atoms with E-state index in [1.807, 2.05) is 69.3 Å². The molecule has 0 bridgehead atoms. The number of nitrogens with zero attached hydrogens (tertiary/aromatic N) is 1. The molecule has 0 heterocycles. The maximum atomic E-state index is 13.1. The van der Waals surface area contributed by atoms with Crippen LogP contribution in [-0.2, 0) is 21.9 Å². The first-order chi connectivity index (χ1) is 14.6. The van der Waals surface area contributed by atoms with Crippen LogP contribution in [0.5, 0.6) is 5.75 Å². The third-order valence-corrected chi connectivity index (χ3v) is 6.10. The second kappa shape index (κ2) is 11.6. The lowest BCUT2D eigenvalue weighted by Gasteiger charge is -2.31. The molecular weight excluding hydrogens is 476 g/mol. The van der Waals surface area contributed by atoms with Crippen LogP contribution in [0.15, 0.2) is 53.0 Å². The molecule has 0 saturated heterocycles. The van der Waals surface area contributed by atoms with Gasteiger partial charge in [-0.15, -0.1) is 11.8 Å². The SMILES string of the molecule is COc1ccc(CSCC(=O)N(Cc2ccc(Br)cc2)[C@H](C)C(=O)NC(C)(C)C)cc1. The highest BCUT2D eigenvalue weighted by Crippen LogP contribution is 2.19. The molecule has 0 unspecified atom stereocenters. The molecule has 2 amide bonds. The van der Waals surface area contributed by atoms with Crippen molar-refractivity contribution < 1.29 is 14.3 Å². The predicted molar refractivity (Wildman–Crippen MR) is 131 cm³/mol. The number of hydrogen-bond acceptors (Lipinski definition) is 4. The molecule has 0 saturated carbocycles. The largest absolute Gasteiger partial charge is 0.497 e. The second-order valence-corrected chi connectivity index (χ2v) is 10.3. The average molecular weight is 507 g/mol. The molecule has 2 aromatic rings. The molecular formula is C24H31BrN2O3S. The van der Waals surface area contributed by atoms with E-state index in [9.17, 15) is 9.59 Å². The van der Waals surface area contributed by atoms with Crippen LogP contribution >= 0.6 is 27.7 Å². The molecule has 168 valence electrons. The predicted octanol–water partition coefficient (Wildman–Crippen LogP) is 5.02. The normalized spacial score (nSPS) is 12.2. The molecule has 1 atom stereocenters. The van der Waals surface area contributed by atoms with Crippen LogP contribution in [0.1, 0.15) is 38.8 Å².